The average Bonchev–Trinajstić information content (AvgIpc) is 2.89. The van der Waals surface area contributed by atoms with E-state index < -0.39 is 11.0 Å². The second-order valence-corrected chi connectivity index (χ2v) is 9.15. The molecule has 0 unspecified atom stereocenters. The van der Waals surface area contributed by atoms with Gasteiger partial charge in [-0.05, 0) is 52.0 Å². The zero-order valence-corrected chi connectivity index (χ0v) is 18.8. The van der Waals surface area contributed by atoms with Crippen molar-refractivity contribution in [1.29, 1.82) is 5.41 Å². The summed E-state index contributed by atoms with van der Waals surface area (Å²) in [7, 11) is 0. The molecular weight excluding hydrogens is 392 g/mol. The fourth-order valence-corrected chi connectivity index (χ4v) is 3.66. The van der Waals surface area contributed by atoms with Crippen molar-refractivity contribution in [2.45, 2.75) is 65.4 Å². The quantitative estimate of drug-likeness (QED) is 0.382. The van der Waals surface area contributed by atoms with E-state index in [1.165, 1.54) is 0 Å². The highest BCUT2D eigenvalue weighted by molar-refractivity contribution is 5.99. The molecule has 0 atom stereocenters. The van der Waals surface area contributed by atoms with Crippen LogP contribution in [0.1, 0.15) is 65.5 Å². The molecule has 0 saturated heterocycles. The molecule has 3 N–H and O–H groups in total. The van der Waals surface area contributed by atoms with E-state index in [9.17, 15) is 4.79 Å². The Labute approximate surface area is 184 Å². The lowest BCUT2D eigenvalue weighted by molar-refractivity contribution is -0.176. The lowest BCUT2D eigenvalue weighted by Gasteiger charge is -2.40. The van der Waals surface area contributed by atoms with Gasteiger partial charge in [0.25, 0.3) is 0 Å². The number of amidine groups is 1. The maximum Gasteiger partial charge on any atom is 0.316 e. The van der Waals surface area contributed by atoms with E-state index in [-0.39, 0.29) is 18.4 Å². The number of hydrogen-bond donors (Lipinski definition) is 2. The van der Waals surface area contributed by atoms with Crippen molar-refractivity contribution in [1.82, 2.24) is 9.97 Å². The summed E-state index contributed by atoms with van der Waals surface area (Å²) in [6, 6.07) is 0. The Bertz CT molecular complexity index is 933. The summed E-state index contributed by atoms with van der Waals surface area (Å²) in [6.45, 7) is 7.92. The molecule has 0 spiro atoms. The number of esters is 1. The lowest BCUT2D eigenvalue weighted by atomic mass is 9.69. The molecule has 166 valence electrons. The van der Waals surface area contributed by atoms with E-state index >= 15 is 0 Å². The smallest absolute Gasteiger partial charge is 0.316 e. The molecule has 1 aromatic rings. The normalized spacial score (nSPS) is 18.0. The van der Waals surface area contributed by atoms with Crippen LogP contribution in [-0.4, -0.2) is 34.0 Å². The highest BCUT2D eigenvalue weighted by Gasteiger charge is 2.47. The molecule has 1 aromatic heterocycles. The van der Waals surface area contributed by atoms with Gasteiger partial charge in [-0.3, -0.25) is 10.2 Å². The predicted molar refractivity (Wildman–Crippen MR) is 121 cm³/mol. The lowest BCUT2D eigenvalue weighted by Crippen LogP contribution is -2.46. The summed E-state index contributed by atoms with van der Waals surface area (Å²) in [5, 5.41) is 7.78. The number of nitrogens with one attached hydrogen (secondary N) is 1. The molecule has 2 aliphatic rings. The van der Waals surface area contributed by atoms with Crippen LogP contribution in [0.4, 0.5) is 0 Å². The van der Waals surface area contributed by atoms with Gasteiger partial charge in [-0.2, -0.15) is 0 Å². The van der Waals surface area contributed by atoms with Gasteiger partial charge in [0.05, 0.1) is 18.1 Å². The van der Waals surface area contributed by atoms with Crippen molar-refractivity contribution in [3.63, 3.8) is 0 Å². The van der Waals surface area contributed by atoms with Crippen molar-refractivity contribution >= 4 is 17.4 Å². The largest absolute Gasteiger partial charge is 0.475 e. The molecule has 0 aliphatic heterocycles. The molecule has 1 heterocycles. The molecule has 0 amide bonds. The number of carbonyl (C=O) groups excluding carboxylic acids is 1. The van der Waals surface area contributed by atoms with Gasteiger partial charge in [0.15, 0.2) is 0 Å². The third-order valence-corrected chi connectivity index (χ3v) is 5.66. The van der Waals surface area contributed by atoms with Crippen LogP contribution in [0.3, 0.4) is 0 Å². The summed E-state index contributed by atoms with van der Waals surface area (Å²) in [4.78, 5) is 21.5. The number of nitrogens with zero attached hydrogens (tertiary/aromatic N) is 2. The topological polar surface area (TPSA) is 111 Å². The summed E-state index contributed by atoms with van der Waals surface area (Å²) in [6.07, 6.45) is 13.2. The number of aromatic nitrogens is 2. The molecule has 1 fully saturated rings. The fourth-order valence-electron chi connectivity index (χ4n) is 3.66. The summed E-state index contributed by atoms with van der Waals surface area (Å²) >= 11 is 0. The molecule has 0 aromatic carbocycles. The van der Waals surface area contributed by atoms with Crippen molar-refractivity contribution in [2.24, 2.45) is 11.1 Å². The first kappa shape index (κ1) is 22.7. The van der Waals surface area contributed by atoms with Gasteiger partial charge in [0, 0.05) is 5.57 Å². The van der Waals surface area contributed by atoms with Crippen LogP contribution in [0.15, 0.2) is 41.8 Å². The first-order valence-electron chi connectivity index (χ1n) is 10.8. The van der Waals surface area contributed by atoms with Gasteiger partial charge in [-0.15, -0.1) is 0 Å². The van der Waals surface area contributed by atoms with Gasteiger partial charge < -0.3 is 15.2 Å². The molecule has 31 heavy (non-hydrogen) atoms. The van der Waals surface area contributed by atoms with Gasteiger partial charge in [0.2, 0.25) is 5.88 Å². The molecular formula is C24H32N4O3. The molecule has 3 rings (SSSR count). The Balaban J connectivity index is 1.66. The summed E-state index contributed by atoms with van der Waals surface area (Å²) in [5.41, 5.74) is 8.15. The number of allylic oxidation sites excluding steroid dienone is 4. The van der Waals surface area contributed by atoms with Crippen molar-refractivity contribution in [3.8, 4) is 5.88 Å². The highest BCUT2D eigenvalue weighted by Crippen LogP contribution is 2.43. The monoisotopic (exact) mass is 424 g/mol. The zero-order chi connectivity index (χ0) is 22.6. The second kappa shape index (κ2) is 9.04. The predicted octanol–water partition coefficient (Wildman–Crippen LogP) is 4.35. The first-order valence-corrected chi connectivity index (χ1v) is 10.8. The highest BCUT2D eigenvalue weighted by atomic mass is 16.6. The minimum atomic E-state index is -0.592. The SMILES string of the molecule is CCC1=C(C(=N)N)C=CC(c2cnc(OCC3(C(=O)OC(C)(C)C)CCC3)cn2)=CC1. The van der Waals surface area contributed by atoms with Gasteiger partial charge in [-0.25, -0.2) is 9.97 Å². The number of rotatable bonds is 7. The second-order valence-electron chi connectivity index (χ2n) is 9.15. The van der Waals surface area contributed by atoms with E-state index in [4.69, 9.17) is 20.6 Å². The van der Waals surface area contributed by atoms with E-state index in [1.807, 2.05) is 32.9 Å². The molecule has 7 nitrogen and oxygen atoms in total. The third kappa shape index (κ3) is 5.40. The molecule has 1 saturated carbocycles. The number of ether oxygens (including phenoxy) is 2. The van der Waals surface area contributed by atoms with Crippen LogP contribution in [0.5, 0.6) is 5.88 Å². The molecule has 0 radical (unpaired) electrons. The minimum Gasteiger partial charge on any atom is -0.475 e. The maximum atomic E-state index is 12.6. The van der Waals surface area contributed by atoms with Crippen LogP contribution in [-0.2, 0) is 9.53 Å². The van der Waals surface area contributed by atoms with E-state index in [2.05, 4.69) is 23.0 Å². The number of nitrogens with two attached hydrogens (primary N) is 1. The van der Waals surface area contributed by atoms with Crippen LogP contribution in [0.25, 0.3) is 5.57 Å². The first-order chi connectivity index (χ1) is 14.6. The van der Waals surface area contributed by atoms with E-state index in [0.29, 0.717) is 18.0 Å². The Morgan fingerprint density at radius 3 is 2.48 bits per heavy atom. The Morgan fingerprint density at radius 2 is 1.97 bits per heavy atom. The van der Waals surface area contributed by atoms with Gasteiger partial charge in [0.1, 0.15) is 23.5 Å². The Hall–Kier alpha value is -2.96. The molecule has 2 aliphatic carbocycles. The van der Waals surface area contributed by atoms with E-state index in [1.54, 1.807) is 12.4 Å². The summed E-state index contributed by atoms with van der Waals surface area (Å²) in [5.74, 6) is 0.256. The third-order valence-electron chi connectivity index (χ3n) is 5.66. The zero-order valence-electron chi connectivity index (χ0n) is 18.8. The van der Waals surface area contributed by atoms with Crippen molar-refractivity contribution in [3.05, 3.63) is 47.5 Å². The Kier molecular flexibility index (Phi) is 6.62. The Morgan fingerprint density at radius 1 is 1.23 bits per heavy atom. The molecule has 7 heteroatoms. The standard InChI is InChI=1S/C24H32N4O3/c1-5-16-7-8-17(9-10-18(16)21(25)26)19-13-28-20(14-27-19)30-15-24(11-6-12-24)22(29)31-23(2,3)4/h8-10,13-14H,5-7,11-12,15H2,1-4H3,(H3,25,26). The number of hydrogen-bond acceptors (Lipinski definition) is 6. The van der Waals surface area contributed by atoms with Crippen LogP contribution < -0.4 is 10.5 Å². The van der Waals surface area contributed by atoms with Crippen molar-refractivity contribution in [2.75, 3.05) is 6.61 Å². The molecule has 0 bridgehead atoms. The fraction of sp³-hybridized carbons (Fsp3) is 0.500. The maximum absolute atomic E-state index is 12.6. The van der Waals surface area contributed by atoms with E-state index in [0.717, 1.165) is 42.4 Å². The van der Waals surface area contributed by atoms with Gasteiger partial charge in [-0.1, -0.05) is 37.1 Å². The van der Waals surface area contributed by atoms with Crippen molar-refractivity contribution < 1.29 is 14.3 Å². The minimum absolute atomic E-state index is 0.0764. The van der Waals surface area contributed by atoms with Crippen LogP contribution in [0, 0.1) is 10.8 Å². The van der Waals surface area contributed by atoms with Gasteiger partial charge >= 0.3 is 5.97 Å². The average molecular weight is 425 g/mol. The van der Waals surface area contributed by atoms with Crippen LogP contribution >= 0.6 is 0 Å². The summed E-state index contributed by atoms with van der Waals surface area (Å²) < 4.78 is 11.4. The van der Waals surface area contributed by atoms with Crippen LogP contribution in [0.2, 0.25) is 0 Å². The number of carbonyl (C=O) groups is 1.